The second kappa shape index (κ2) is 5.85. The molecule has 3 heterocycles. The van der Waals surface area contributed by atoms with Crippen LogP contribution in [0.4, 0.5) is 0 Å². The fourth-order valence-corrected chi connectivity index (χ4v) is 3.75. The van der Waals surface area contributed by atoms with Crippen molar-refractivity contribution in [2.45, 2.75) is 24.3 Å². The number of thioether (sulfide) groups is 1. The van der Waals surface area contributed by atoms with E-state index >= 15 is 0 Å². The maximum absolute atomic E-state index is 4.49. The van der Waals surface area contributed by atoms with Gasteiger partial charge in [0.1, 0.15) is 5.82 Å². The van der Waals surface area contributed by atoms with E-state index in [9.17, 15) is 0 Å². The van der Waals surface area contributed by atoms with Gasteiger partial charge in [-0.25, -0.2) is 9.97 Å². The highest BCUT2D eigenvalue weighted by Gasteiger charge is 2.07. The van der Waals surface area contributed by atoms with Crippen LogP contribution in [0.2, 0.25) is 0 Å². The molecule has 0 saturated carbocycles. The van der Waals surface area contributed by atoms with Crippen molar-refractivity contribution in [3.8, 4) is 0 Å². The summed E-state index contributed by atoms with van der Waals surface area (Å²) in [6, 6.07) is 4.16. The van der Waals surface area contributed by atoms with Gasteiger partial charge in [0.15, 0.2) is 0 Å². The highest BCUT2D eigenvalue weighted by Crippen LogP contribution is 2.21. The number of aryl methyl sites for hydroxylation is 1. The predicted octanol–water partition coefficient (Wildman–Crippen LogP) is 3.51. The molecule has 3 rings (SSSR count). The summed E-state index contributed by atoms with van der Waals surface area (Å²) in [7, 11) is 0. The van der Waals surface area contributed by atoms with Crippen molar-refractivity contribution >= 4 is 34.4 Å². The molecular weight excluding hydrogens is 296 g/mol. The molecule has 4 nitrogen and oxygen atoms in total. The monoisotopic (exact) mass is 308 g/mol. The molecule has 0 aromatic carbocycles. The van der Waals surface area contributed by atoms with Gasteiger partial charge in [-0.1, -0.05) is 17.8 Å². The van der Waals surface area contributed by atoms with Gasteiger partial charge in [-0.2, -0.15) is 0 Å². The molecule has 7 heteroatoms. The van der Waals surface area contributed by atoms with E-state index < -0.39 is 0 Å². The van der Waals surface area contributed by atoms with Crippen molar-refractivity contribution in [3.63, 3.8) is 0 Å². The summed E-state index contributed by atoms with van der Waals surface area (Å²) in [5.74, 6) is 1.74. The molecule has 0 amide bonds. The van der Waals surface area contributed by atoms with E-state index in [0.29, 0.717) is 0 Å². The van der Waals surface area contributed by atoms with Gasteiger partial charge in [-0.05, 0) is 18.4 Å². The van der Waals surface area contributed by atoms with E-state index in [2.05, 4.69) is 43.1 Å². The molecule has 0 unspecified atom stereocenters. The smallest absolute Gasteiger partial charge is 0.208 e. The van der Waals surface area contributed by atoms with E-state index in [1.807, 2.05) is 6.92 Å². The van der Waals surface area contributed by atoms with Crippen molar-refractivity contribution in [1.29, 1.82) is 0 Å². The molecule has 1 N–H and O–H groups in total. The lowest BCUT2D eigenvalue weighted by molar-refractivity contribution is 0.959. The number of thiazole rings is 1. The van der Waals surface area contributed by atoms with Crippen LogP contribution in [-0.2, 0) is 12.2 Å². The fourth-order valence-electron chi connectivity index (χ4n) is 1.61. The molecule has 98 valence electrons. The summed E-state index contributed by atoms with van der Waals surface area (Å²) in [6.07, 6.45) is 0.820. The molecule has 0 aliphatic carbocycles. The van der Waals surface area contributed by atoms with Gasteiger partial charge in [-0.15, -0.1) is 27.8 Å². The Morgan fingerprint density at radius 1 is 1.32 bits per heavy atom. The third kappa shape index (κ3) is 3.43. The van der Waals surface area contributed by atoms with Crippen LogP contribution in [-0.4, -0.2) is 20.2 Å². The molecule has 0 fully saturated rings. The number of hydrogen-bond acceptors (Lipinski definition) is 6. The first kappa shape index (κ1) is 12.8. The van der Waals surface area contributed by atoms with Gasteiger partial charge in [0.25, 0.3) is 0 Å². The van der Waals surface area contributed by atoms with Crippen molar-refractivity contribution < 1.29 is 0 Å². The molecule has 0 spiro atoms. The Labute approximate surface area is 123 Å². The first-order valence-corrected chi connectivity index (χ1v) is 8.51. The zero-order chi connectivity index (χ0) is 13.1. The highest BCUT2D eigenvalue weighted by molar-refractivity contribution is 7.98. The van der Waals surface area contributed by atoms with Gasteiger partial charge >= 0.3 is 0 Å². The summed E-state index contributed by atoms with van der Waals surface area (Å²) < 4.78 is 0. The van der Waals surface area contributed by atoms with Crippen molar-refractivity contribution in [1.82, 2.24) is 20.2 Å². The number of aromatic nitrogens is 4. The van der Waals surface area contributed by atoms with Crippen LogP contribution < -0.4 is 0 Å². The summed E-state index contributed by atoms with van der Waals surface area (Å²) in [6.45, 7) is 2.02. The molecule has 0 bridgehead atoms. The highest BCUT2D eigenvalue weighted by atomic mass is 32.2. The lowest BCUT2D eigenvalue weighted by Gasteiger charge is -1.92. The quantitative estimate of drug-likeness (QED) is 0.733. The van der Waals surface area contributed by atoms with E-state index in [4.69, 9.17) is 0 Å². The SMILES string of the molecule is Cc1nc(CSc2n[nH]c(Cc3cccs3)n2)cs1. The third-order valence-corrected chi connectivity index (χ3v) is 5.03. The number of hydrogen-bond donors (Lipinski definition) is 1. The molecule has 0 atom stereocenters. The summed E-state index contributed by atoms with van der Waals surface area (Å²) in [5.41, 5.74) is 1.09. The van der Waals surface area contributed by atoms with E-state index in [1.54, 1.807) is 34.4 Å². The van der Waals surface area contributed by atoms with E-state index in [1.165, 1.54) is 4.88 Å². The number of rotatable bonds is 5. The number of nitrogens with one attached hydrogen (secondary N) is 1. The van der Waals surface area contributed by atoms with Crippen molar-refractivity contribution in [2.24, 2.45) is 0 Å². The first-order valence-electron chi connectivity index (χ1n) is 5.77. The zero-order valence-electron chi connectivity index (χ0n) is 10.3. The molecule has 19 heavy (non-hydrogen) atoms. The molecular formula is C12H12N4S3. The summed E-state index contributed by atoms with van der Waals surface area (Å²) in [5, 5.41) is 13.3. The average molecular weight is 308 g/mol. The Morgan fingerprint density at radius 3 is 3.00 bits per heavy atom. The minimum atomic E-state index is 0.789. The van der Waals surface area contributed by atoms with Gasteiger partial charge in [0.05, 0.1) is 10.7 Å². The van der Waals surface area contributed by atoms with E-state index in [0.717, 1.165) is 33.9 Å². The Kier molecular flexibility index (Phi) is 3.95. The number of aromatic amines is 1. The standard InChI is InChI=1S/C12H12N4S3/c1-8-13-9(6-18-8)7-19-12-14-11(15-16-12)5-10-3-2-4-17-10/h2-4,6H,5,7H2,1H3,(H,14,15,16). The molecule has 0 aliphatic heterocycles. The van der Waals surface area contributed by atoms with Crippen LogP contribution >= 0.6 is 34.4 Å². The molecule has 0 saturated heterocycles. The lowest BCUT2D eigenvalue weighted by atomic mass is 10.3. The maximum atomic E-state index is 4.49. The van der Waals surface area contributed by atoms with Gasteiger partial charge in [0, 0.05) is 22.4 Å². The topological polar surface area (TPSA) is 54.5 Å². The first-order chi connectivity index (χ1) is 9.29. The van der Waals surface area contributed by atoms with Crippen LogP contribution in [0.3, 0.4) is 0 Å². The molecule has 0 aliphatic rings. The average Bonchev–Trinajstić information content (AvgIpc) is 3.10. The zero-order valence-corrected chi connectivity index (χ0v) is 12.7. The van der Waals surface area contributed by atoms with Crippen LogP contribution in [0.5, 0.6) is 0 Å². The number of nitrogens with zero attached hydrogens (tertiary/aromatic N) is 3. The largest absolute Gasteiger partial charge is 0.262 e. The number of thiophene rings is 1. The molecule has 3 aromatic heterocycles. The fraction of sp³-hybridized carbons (Fsp3) is 0.250. The minimum Gasteiger partial charge on any atom is -0.262 e. The lowest BCUT2D eigenvalue weighted by Crippen LogP contribution is -1.87. The van der Waals surface area contributed by atoms with Crippen molar-refractivity contribution in [3.05, 3.63) is 44.3 Å². The normalized spacial score (nSPS) is 11.0. The third-order valence-electron chi connectivity index (χ3n) is 2.45. The second-order valence-electron chi connectivity index (χ2n) is 3.97. The molecule has 3 aromatic rings. The predicted molar refractivity (Wildman–Crippen MR) is 79.9 cm³/mol. The summed E-state index contributed by atoms with van der Waals surface area (Å²) in [4.78, 5) is 10.2. The van der Waals surface area contributed by atoms with Gasteiger partial charge in [0.2, 0.25) is 5.16 Å². The van der Waals surface area contributed by atoms with Crippen molar-refractivity contribution in [2.75, 3.05) is 0 Å². The maximum Gasteiger partial charge on any atom is 0.208 e. The van der Waals surface area contributed by atoms with Crippen LogP contribution in [0.15, 0.2) is 28.0 Å². The minimum absolute atomic E-state index is 0.789. The Balaban J connectivity index is 1.59. The van der Waals surface area contributed by atoms with E-state index in [-0.39, 0.29) is 0 Å². The van der Waals surface area contributed by atoms with Gasteiger partial charge < -0.3 is 0 Å². The Hall–Kier alpha value is -1.18. The summed E-state index contributed by atoms with van der Waals surface area (Å²) >= 11 is 5.03. The second-order valence-corrected chi connectivity index (χ2v) is 7.00. The Bertz CT molecular complexity index is 642. The Morgan fingerprint density at radius 2 is 2.26 bits per heavy atom. The number of H-pyrrole nitrogens is 1. The van der Waals surface area contributed by atoms with Crippen LogP contribution in [0.25, 0.3) is 0 Å². The van der Waals surface area contributed by atoms with Crippen LogP contribution in [0.1, 0.15) is 21.4 Å². The van der Waals surface area contributed by atoms with Gasteiger partial charge in [-0.3, -0.25) is 5.10 Å². The van der Waals surface area contributed by atoms with Crippen LogP contribution in [0, 0.1) is 6.92 Å². The molecule has 0 radical (unpaired) electrons.